The molecule has 46 heavy (non-hydrogen) atoms. The van der Waals surface area contributed by atoms with Crippen molar-refractivity contribution in [2.45, 2.75) is 121 Å². The number of carbonyl (C=O) groups is 2. The van der Waals surface area contributed by atoms with Gasteiger partial charge in [-0.15, -0.1) is 0 Å². The first kappa shape index (κ1) is 38.2. The van der Waals surface area contributed by atoms with Gasteiger partial charge in [0.15, 0.2) is 0 Å². The van der Waals surface area contributed by atoms with Crippen LogP contribution in [0.3, 0.4) is 0 Å². The van der Waals surface area contributed by atoms with Crippen LogP contribution in [0.25, 0.3) is 0 Å². The fourth-order valence-corrected chi connectivity index (χ4v) is 3.96. The molecule has 4 unspecified atom stereocenters. The molecule has 4 atom stereocenters. The average Bonchev–Trinajstić information content (AvgIpc) is 3.98. The van der Waals surface area contributed by atoms with Crippen molar-refractivity contribution in [3.63, 3.8) is 0 Å². The Morgan fingerprint density at radius 3 is 1.57 bits per heavy atom. The van der Waals surface area contributed by atoms with E-state index in [1.165, 1.54) is 0 Å². The predicted octanol–water partition coefficient (Wildman–Crippen LogP) is 5.93. The fourth-order valence-electron chi connectivity index (χ4n) is 3.96. The lowest BCUT2D eigenvalue weighted by molar-refractivity contribution is -0.152. The van der Waals surface area contributed by atoms with Gasteiger partial charge in [-0.2, -0.15) is 0 Å². The number of allylic oxidation sites excluding steroid dienone is 8. The van der Waals surface area contributed by atoms with Gasteiger partial charge in [0.1, 0.15) is 31.5 Å². The van der Waals surface area contributed by atoms with Crippen molar-refractivity contribution in [2.75, 3.05) is 13.2 Å². The van der Waals surface area contributed by atoms with Crippen LogP contribution in [0.4, 0.5) is 0 Å². The molecule has 0 aliphatic carbocycles. The maximum absolute atomic E-state index is 11.9. The summed E-state index contributed by atoms with van der Waals surface area (Å²) in [5.41, 5.74) is 0. The van der Waals surface area contributed by atoms with Crippen molar-refractivity contribution in [1.29, 1.82) is 0 Å². The number of hydrogen-bond acceptors (Lipinski definition) is 7. The summed E-state index contributed by atoms with van der Waals surface area (Å²) in [6.07, 6.45) is 24.9. The number of unbranched alkanes of at least 4 members (excludes halogenated alkanes) is 2. The smallest absolute Gasteiger partial charge is 0.306 e. The van der Waals surface area contributed by atoms with Crippen molar-refractivity contribution >= 4 is 11.9 Å². The molecule has 0 aromatic carbocycles. The van der Waals surface area contributed by atoms with Gasteiger partial charge in [0.2, 0.25) is 0 Å². The zero-order valence-corrected chi connectivity index (χ0v) is 27.3. The van der Waals surface area contributed by atoms with Crippen LogP contribution < -0.4 is 0 Å². The molecule has 2 fully saturated rings. The summed E-state index contributed by atoms with van der Waals surface area (Å²) in [7, 11) is 0. The zero-order valence-electron chi connectivity index (χ0n) is 27.3. The summed E-state index contributed by atoms with van der Waals surface area (Å²) in [4.78, 5) is 23.7. The Hall–Kier alpha value is -3.98. The van der Waals surface area contributed by atoms with Crippen LogP contribution in [0.1, 0.15) is 90.9 Å². The highest BCUT2D eigenvalue weighted by atomic mass is 16.6. The van der Waals surface area contributed by atoms with Crippen molar-refractivity contribution in [3.8, 4) is 47.4 Å². The molecular weight excluding hydrogens is 580 g/mol. The van der Waals surface area contributed by atoms with Crippen LogP contribution in [-0.2, 0) is 28.5 Å². The molecule has 0 radical (unpaired) electrons. The summed E-state index contributed by atoms with van der Waals surface area (Å²) in [5, 5.41) is 9.93. The van der Waals surface area contributed by atoms with Crippen LogP contribution in [0.5, 0.6) is 0 Å². The molecule has 0 aromatic heterocycles. The third-order valence-corrected chi connectivity index (χ3v) is 6.63. The average molecular weight is 629 g/mol. The van der Waals surface area contributed by atoms with Gasteiger partial charge in [-0.05, 0) is 75.0 Å². The SMILES string of the molecule is CCC=CC=CCCCC1OC1C#CC#CCCC(=O)OCC(O)COC(=O)CCC#CC#CC1OC1CCCC=CC=CCC. The van der Waals surface area contributed by atoms with Gasteiger partial charge in [-0.1, -0.05) is 86.1 Å². The highest BCUT2D eigenvalue weighted by Crippen LogP contribution is 2.27. The lowest BCUT2D eigenvalue weighted by Crippen LogP contribution is -2.25. The van der Waals surface area contributed by atoms with Gasteiger partial charge in [0.05, 0.1) is 25.0 Å². The fraction of sp³-hybridized carbons (Fsp3) is 0.538. The van der Waals surface area contributed by atoms with Crippen molar-refractivity contribution in [3.05, 3.63) is 48.6 Å². The number of esters is 2. The third kappa shape index (κ3) is 20.9. The first-order valence-corrected chi connectivity index (χ1v) is 16.4. The number of epoxide rings is 2. The number of aliphatic hydroxyl groups is 1. The van der Waals surface area contributed by atoms with Crippen LogP contribution in [-0.4, -0.2) is 60.8 Å². The molecule has 246 valence electrons. The Bertz CT molecular complexity index is 1190. The van der Waals surface area contributed by atoms with Gasteiger partial charge in [0.25, 0.3) is 0 Å². The summed E-state index contributed by atoms with van der Waals surface area (Å²) in [5.74, 6) is 21.6. The van der Waals surface area contributed by atoms with E-state index in [-0.39, 0.29) is 50.5 Å². The Morgan fingerprint density at radius 1 is 0.696 bits per heavy atom. The Labute approximate surface area is 275 Å². The monoisotopic (exact) mass is 628 g/mol. The minimum Gasteiger partial charge on any atom is -0.463 e. The molecule has 2 aliphatic rings. The molecule has 0 amide bonds. The summed E-state index contributed by atoms with van der Waals surface area (Å²) in [6, 6.07) is 0. The number of aliphatic hydroxyl groups excluding tert-OH is 1. The maximum atomic E-state index is 11.9. The lowest BCUT2D eigenvalue weighted by Gasteiger charge is -2.11. The van der Waals surface area contributed by atoms with Gasteiger partial charge >= 0.3 is 11.9 Å². The molecule has 7 heteroatoms. The number of hydrogen-bond donors (Lipinski definition) is 1. The van der Waals surface area contributed by atoms with Gasteiger partial charge < -0.3 is 24.1 Å². The first-order chi connectivity index (χ1) is 22.5. The second kappa shape index (κ2) is 25.2. The van der Waals surface area contributed by atoms with E-state index in [2.05, 4.69) is 110 Å². The molecule has 0 aromatic rings. The van der Waals surface area contributed by atoms with E-state index in [9.17, 15) is 14.7 Å². The Morgan fingerprint density at radius 2 is 1.13 bits per heavy atom. The molecule has 2 heterocycles. The molecule has 0 spiro atoms. The molecule has 2 rings (SSSR count). The second-order valence-corrected chi connectivity index (χ2v) is 10.7. The summed E-state index contributed by atoms with van der Waals surface area (Å²) in [6.45, 7) is 3.69. The van der Waals surface area contributed by atoms with E-state index >= 15 is 0 Å². The van der Waals surface area contributed by atoms with Crippen LogP contribution in [0.15, 0.2) is 48.6 Å². The molecule has 0 bridgehead atoms. The number of rotatable bonds is 20. The van der Waals surface area contributed by atoms with E-state index in [1.54, 1.807) is 0 Å². The number of carbonyl (C=O) groups excluding carboxylic acids is 2. The lowest BCUT2D eigenvalue weighted by atomic mass is 10.1. The van der Waals surface area contributed by atoms with E-state index in [4.69, 9.17) is 18.9 Å². The van der Waals surface area contributed by atoms with Crippen LogP contribution in [0.2, 0.25) is 0 Å². The largest absolute Gasteiger partial charge is 0.463 e. The molecule has 1 N–H and O–H groups in total. The van der Waals surface area contributed by atoms with Crippen molar-refractivity contribution < 1.29 is 33.6 Å². The van der Waals surface area contributed by atoms with Crippen LogP contribution in [0, 0.1) is 47.4 Å². The highest BCUT2D eigenvalue weighted by molar-refractivity contribution is 5.70. The predicted molar refractivity (Wildman–Crippen MR) is 180 cm³/mol. The minimum absolute atomic E-state index is 0.0526. The normalized spacial score (nSPS) is 20.2. The standard InChI is InChI=1S/C39H48O7/c1-3-5-7-9-11-13-19-25-34-36(45-34)27-21-15-17-23-29-38(41)43-31-33(40)32-44-39(42)30-24-18-16-22-28-37-35(46-37)26-20-14-12-10-8-6-4-2/h5-12,33-37,40H,3-4,13-14,19-20,23-26,29-32H2,1-2H3. The molecule has 2 saturated heterocycles. The van der Waals surface area contributed by atoms with E-state index < -0.39 is 18.0 Å². The summed E-state index contributed by atoms with van der Waals surface area (Å²) < 4.78 is 21.1. The Balaban J connectivity index is 1.43. The van der Waals surface area contributed by atoms with Crippen molar-refractivity contribution in [1.82, 2.24) is 0 Å². The van der Waals surface area contributed by atoms with Crippen molar-refractivity contribution in [2.24, 2.45) is 0 Å². The highest BCUT2D eigenvalue weighted by Gasteiger charge is 2.36. The van der Waals surface area contributed by atoms with E-state index in [1.807, 2.05) is 0 Å². The molecule has 2 aliphatic heterocycles. The quantitative estimate of drug-likeness (QED) is 0.0587. The van der Waals surface area contributed by atoms with E-state index in [0.29, 0.717) is 12.8 Å². The molecular formula is C39H48O7. The minimum atomic E-state index is -1.11. The second-order valence-electron chi connectivity index (χ2n) is 10.7. The van der Waals surface area contributed by atoms with Gasteiger partial charge in [-0.3, -0.25) is 9.59 Å². The third-order valence-electron chi connectivity index (χ3n) is 6.63. The summed E-state index contributed by atoms with van der Waals surface area (Å²) >= 11 is 0. The number of ether oxygens (including phenoxy) is 4. The first-order valence-electron chi connectivity index (χ1n) is 16.4. The van der Waals surface area contributed by atoms with E-state index in [0.717, 1.165) is 51.4 Å². The maximum Gasteiger partial charge on any atom is 0.306 e. The van der Waals surface area contributed by atoms with Crippen LogP contribution >= 0.6 is 0 Å². The topological polar surface area (TPSA) is 97.9 Å². The van der Waals surface area contributed by atoms with Gasteiger partial charge in [0, 0.05) is 12.8 Å². The zero-order chi connectivity index (χ0) is 33.1. The molecule has 0 saturated carbocycles. The van der Waals surface area contributed by atoms with Gasteiger partial charge in [-0.25, -0.2) is 0 Å². The Kier molecular flexibility index (Phi) is 21.0. The molecule has 7 nitrogen and oxygen atoms in total.